The highest BCUT2D eigenvalue weighted by atomic mass is 16.6. The van der Waals surface area contributed by atoms with Crippen LogP contribution in [0.1, 0.15) is 26.2 Å². The number of carbonyl (C=O) groups is 1. The van der Waals surface area contributed by atoms with Crippen LogP contribution in [0, 0.1) is 5.92 Å². The molecule has 3 aliphatic rings. The number of esters is 1. The summed E-state index contributed by atoms with van der Waals surface area (Å²) in [4.78, 5) is 11.7. The van der Waals surface area contributed by atoms with Crippen LogP contribution in [0.5, 0.6) is 0 Å². The molecule has 0 unspecified atom stereocenters. The Morgan fingerprint density at radius 3 is 2.80 bits per heavy atom. The van der Waals surface area contributed by atoms with E-state index in [9.17, 15) is 15.0 Å². The highest BCUT2D eigenvalue weighted by Gasteiger charge is 2.54. The highest BCUT2D eigenvalue weighted by molar-refractivity contribution is 5.91. The zero-order valence-corrected chi connectivity index (χ0v) is 11.5. The summed E-state index contributed by atoms with van der Waals surface area (Å²) in [6.45, 7) is 9.38. The van der Waals surface area contributed by atoms with Gasteiger partial charge < -0.3 is 19.7 Å². The Hall–Kier alpha value is -1.17. The molecule has 3 heterocycles. The van der Waals surface area contributed by atoms with E-state index < -0.39 is 35.8 Å². The third kappa shape index (κ3) is 1.92. The van der Waals surface area contributed by atoms with Crippen LogP contribution >= 0.6 is 0 Å². The maximum atomic E-state index is 11.7. The van der Waals surface area contributed by atoms with Crippen molar-refractivity contribution >= 4 is 5.97 Å². The number of hydrogen-bond donors (Lipinski definition) is 2. The van der Waals surface area contributed by atoms with Gasteiger partial charge in [-0.05, 0) is 25.3 Å². The van der Waals surface area contributed by atoms with E-state index in [1.807, 2.05) is 0 Å². The van der Waals surface area contributed by atoms with Crippen molar-refractivity contribution in [2.75, 3.05) is 0 Å². The minimum Gasteiger partial charge on any atom is -0.458 e. The Kier molecular flexibility index (Phi) is 3.04. The lowest BCUT2D eigenvalue weighted by molar-refractivity contribution is -0.210. The molecule has 3 rings (SSSR count). The van der Waals surface area contributed by atoms with Crippen LogP contribution in [0.2, 0.25) is 0 Å². The first-order chi connectivity index (χ1) is 9.31. The van der Waals surface area contributed by atoms with Gasteiger partial charge in [-0.1, -0.05) is 13.2 Å². The van der Waals surface area contributed by atoms with Gasteiger partial charge in [0.1, 0.15) is 12.2 Å². The highest BCUT2D eigenvalue weighted by Crippen LogP contribution is 2.43. The molecule has 2 N–H and O–H groups in total. The molecule has 0 aromatic heterocycles. The lowest BCUT2D eigenvalue weighted by Crippen LogP contribution is -2.58. The zero-order chi connectivity index (χ0) is 14.7. The van der Waals surface area contributed by atoms with Crippen LogP contribution in [-0.2, 0) is 14.3 Å². The van der Waals surface area contributed by atoms with Gasteiger partial charge >= 0.3 is 5.97 Å². The van der Waals surface area contributed by atoms with E-state index in [1.165, 1.54) is 0 Å². The van der Waals surface area contributed by atoms with Crippen molar-refractivity contribution in [2.45, 2.75) is 56.2 Å². The zero-order valence-electron chi connectivity index (χ0n) is 11.5. The first-order valence-corrected chi connectivity index (χ1v) is 6.94. The molecule has 2 bridgehead atoms. The molecule has 0 amide bonds. The van der Waals surface area contributed by atoms with Gasteiger partial charge in [0.25, 0.3) is 0 Å². The molecule has 110 valence electrons. The first kappa shape index (κ1) is 13.8. The van der Waals surface area contributed by atoms with Crippen LogP contribution in [0.25, 0.3) is 0 Å². The lowest BCUT2D eigenvalue weighted by Gasteiger charge is -2.47. The molecule has 0 aliphatic carbocycles. The normalized spacial score (nSPS) is 48.4. The van der Waals surface area contributed by atoms with Crippen molar-refractivity contribution in [1.82, 2.24) is 0 Å². The van der Waals surface area contributed by atoms with Crippen LogP contribution in [0.3, 0.4) is 0 Å². The summed E-state index contributed by atoms with van der Waals surface area (Å²) in [5, 5.41) is 21.1. The van der Waals surface area contributed by atoms with Gasteiger partial charge in [0.15, 0.2) is 0 Å². The summed E-state index contributed by atoms with van der Waals surface area (Å²) < 4.78 is 11.1. The number of aliphatic hydroxyl groups excluding tert-OH is 1. The number of hydrogen-bond acceptors (Lipinski definition) is 5. The Balaban J connectivity index is 1.99. The molecule has 3 aliphatic heterocycles. The summed E-state index contributed by atoms with van der Waals surface area (Å²) in [5.74, 6) is -1.03. The number of fused-ring (bicyclic) bond motifs is 3. The molecule has 20 heavy (non-hydrogen) atoms. The van der Waals surface area contributed by atoms with Crippen molar-refractivity contribution in [3.8, 4) is 0 Å². The fourth-order valence-electron chi connectivity index (χ4n) is 3.53. The molecule has 3 saturated heterocycles. The fourth-order valence-corrected chi connectivity index (χ4v) is 3.53. The Bertz CT molecular complexity index is 481. The second-order valence-corrected chi connectivity index (χ2v) is 6.29. The topological polar surface area (TPSA) is 76.0 Å². The van der Waals surface area contributed by atoms with Crippen molar-refractivity contribution in [3.63, 3.8) is 0 Å². The van der Waals surface area contributed by atoms with Crippen molar-refractivity contribution in [1.29, 1.82) is 0 Å². The minimum atomic E-state index is -1.13. The molecule has 0 saturated carbocycles. The van der Waals surface area contributed by atoms with E-state index in [4.69, 9.17) is 9.47 Å². The second-order valence-electron chi connectivity index (χ2n) is 6.29. The maximum Gasteiger partial charge on any atom is 0.334 e. The van der Waals surface area contributed by atoms with Gasteiger partial charge in [0.05, 0.1) is 23.7 Å². The summed E-state index contributed by atoms with van der Waals surface area (Å²) in [5.41, 5.74) is -0.0436. The SMILES string of the molecule is C=C1C(=O)O[C@H]2CC(=C)[C@@H]3CC[C@](C)(O)[C@H](O3)[C@@H](O)[C@H]12. The summed E-state index contributed by atoms with van der Waals surface area (Å²) in [7, 11) is 0. The number of carbonyl (C=O) groups excluding carboxylic acids is 1. The monoisotopic (exact) mass is 280 g/mol. The maximum absolute atomic E-state index is 11.7. The van der Waals surface area contributed by atoms with Gasteiger partial charge in [0.2, 0.25) is 0 Å². The predicted octanol–water partition coefficient (Wildman–Crippen LogP) is 0.704. The van der Waals surface area contributed by atoms with Crippen molar-refractivity contribution < 1.29 is 24.5 Å². The molecule has 0 spiro atoms. The number of rotatable bonds is 0. The third-order valence-corrected chi connectivity index (χ3v) is 4.76. The molecule has 5 heteroatoms. The van der Waals surface area contributed by atoms with E-state index in [0.717, 1.165) is 5.57 Å². The molecule has 0 aromatic carbocycles. The average molecular weight is 280 g/mol. The Morgan fingerprint density at radius 2 is 2.10 bits per heavy atom. The fraction of sp³-hybridized carbons (Fsp3) is 0.667. The van der Waals surface area contributed by atoms with Crippen LogP contribution in [0.4, 0.5) is 0 Å². The third-order valence-electron chi connectivity index (χ3n) is 4.76. The minimum absolute atomic E-state index is 0.205. The average Bonchev–Trinajstić information content (AvgIpc) is 2.62. The van der Waals surface area contributed by atoms with Gasteiger partial charge in [-0.15, -0.1) is 0 Å². The smallest absolute Gasteiger partial charge is 0.334 e. The van der Waals surface area contributed by atoms with E-state index in [1.54, 1.807) is 6.92 Å². The van der Waals surface area contributed by atoms with Crippen LogP contribution < -0.4 is 0 Å². The Morgan fingerprint density at radius 1 is 1.40 bits per heavy atom. The van der Waals surface area contributed by atoms with Crippen molar-refractivity contribution in [3.05, 3.63) is 24.3 Å². The molecule has 6 atom stereocenters. The molecule has 0 radical (unpaired) electrons. The molecule has 5 nitrogen and oxygen atoms in total. The quantitative estimate of drug-likeness (QED) is 0.388. The number of aliphatic hydroxyl groups is 2. The first-order valence-electron chi connectivity index (χ1n) is 6.94. The predicted molar refractivity (Wildman–Crippen MR) is 70.8 cm³/mol. The number of ether oxygens (including phenoxy) is 2. The molecular weight excluding hydrogens is 260 g/mol. The van der Waals surface area contributed by atoms with Gasteiger partial charge in [-0.25, -0.2) is 4.79 Å². The van der Waals surface area contributed by atoms with E-state index in [2.05, 4.69) is 13.2 Å². The summed E-state index contributed by atoms with van der Waals surface area (Å²) >= 11 is 0. The van der Waals surface area contributed by atoms with Crippen molar-refractivity contribution in [2.24, 2.45) is 5.92 Å². The molecular formula is C15H20O5. The lowest BCUT2D eigenvalue weighted by atomic mass is 9.74. The standard InChI is InChI=1S/C15H20O5/c1-7-6-10-11(8(2)14(17)20-10)12(16)13-15(3,18)5-4-9(7)19-13/h9-13,16,18H,1-2,4-6H2,3H3/t9-,10-,11+,12-,13+,15-/m0/s1. The van der Waals surface area contributed by atoms with E-state index in [0.29, 0.717) is 19.3 Å². The van der Waals surface area contributed by atoms with E-state index >= 15 is 0 Å². The van der Waals surface area contributed by atoms with Gasteiger partial charge in [-0.3, -0.25) is 0 Å². The van der Waals surface area contributed by atoms with Gasteiger partial charge in [0, 0.05) is 12.0 Å². The van der Waals surface area contributed by atoms with Gasteiger partial charge in [-0.2, -0.15) is 0 Å². The second kappa shape index (κ2) is 4.41. The van der Waals surface area contributed by atoms with Crippen LogP contribution in [-0.4, -0.2) is 46.2 Å². The molecule has 0 aromatic rings. The van der Waals surface area contributed by atoms with E-state index in [-0.39, 0.29) is 11.7 Å². The summed E-state index contributed by atoms with van der Waals surface area (Å²) in [6.07, 6.45) is -0.796. The van der Waals surface area contributed by atoms with Crippen LogP contribution in [0.15, 0.2) is 24.3 Å². The largest absolute Gasteiger partial charge is 0.458 e. The summed E-state index contributed by atoms with van der Waals surface area (Å²) in [6, 6.07) is 0. The Labute approximate surface area is 117 Å². The molecule has 3 fully saturated rings.